The molecule has 1 atom stereocenters. The zero-order valence-corrected chi connectivity index (χ0v) is 18.5. The van der Waals surface area contributed by atoms with Gasteiger partial charge in [0.2, 0.25) is 0 Å². The first kappa shape index (κ1) is 22.1. The molecule has 8 nitrogen and oxygen atoms in total. The second kappa shape index (κ2) is 10.5. The molecule has 0 bridgehead atoms. The van der Waals surface area contributed by atoms with E-state index in [0.717, 1.165) is 69.0 Å². The number of hydrogen-bond acceptors (Lipinski definition) is 7. The van der Waals surface area contributed by atoms with Crippen LogP contribution in [-0.4, -0.2) is 61.5 Å². The minimum atomic E-state index is -0.381. The number of anilines is 1. The molecule has 0 aromatic heterocycles. The van der Waals surface area contributed by atoms with Crippen LogP contribution in [0.25, 0.3) is 0 Å². The third-order valence-corrected chi connectivity index (χ3v) is 6.17. The van der Waals surface area contributed by atoms with Crippen LogP contribution in [-0.2, 0) is 4.84 Å². The van der Waals surface area contributed by atoms with Crippen molar-refractivity contribution in [3.8, 4) is 5.75 Å². The summed E-state index contributed by atoms with van der Waals surface area (Å²) in [5.74, 6) is 0.934. The molecule has 0 radical (unpaired) electrons. The summed E-state index contributed by atoms with van der Waals surface area (Å²) in [7, 11) is 1.72. The fraction of sp³-hybridized carbons (Fsp3) is 0.458. The number of nitro groups is 1. The third kappa shape index (κ3) is 5.37. The molecular weight excluding hydrogens is 408 g/mol. The van der Waals surface area contributed by atoms with Crippen LogP contribution in [0.3, 0.4) is 0 Å². The topological polar surface area (TPSA) is 80.4 Å². The van der Waals surface area contributed by atoms with E-state index in [0.29, 0.717) is 6.42 Å². The normalized spacial score (nSPS) is 18.8. The smallest absolute Gasteiger partial charge is 0.270 e. The molecule has 0 N–H and O–H groups in total. The summed E-state index contributed by atoms with van der Waals surface area (Å²) in [4.78, 5) is 21.1. The van der Waals surface area contributed by atoms with Crippen LogP contribution in [0.15, 0.2) is 53.7 Å². The Balaban J connectivity index is 1.15. The van der Waals surface area contributed by atoms with Gasteiger partial charge in [-0.3, -0.25) is 15.0 Å². The zero-order chi connectivity index (χ0) is 22.3. The van der Waals surface area contributed by atoms with Gasteiger partial charge in [-0.15, -0.1) is 0 Å². The van der Waals surface area contributed by atoms with Gasteiger partial charge in [-0.05, 0) is 37.9 Å². The molecule has 0 aliphatic carbocycles. The van der Waals surface area contributed by atoms with E-state index in [1.54, 1.807) is 19.2 Å². The maximum absolute atomic E-state index is 11.0. The fourth-order valence-electron chi connectivity index (χ4n) is 4.36. The molecule has 0 amide bonds. The van der Waals surface area contributed by atoms with Crippen molar-refractivity contribution in [2.75, 3.05) is 44.7 Å². The second-order valence-electron chi connectivity index (χ2n) is 8.27. The number of rotatable bonds is 9. The van der Waals surface area contributed by atoms with Crippen molar-refractivity contribution >= 4 is 17.1 Å². The Hall–Kier alpha value is -3.13. The van der Waals surface area contributed by atoms with Crippen molar-refractivity contribution in [1.29, 1.82) is 0 Å². The van der Waals surface area contributed by atoms with Crippen molar-refractivity contribution in [2.45, 2.75) is 31.8 Å². The monoisotopic (exact) mass is 438 g/mol. The van der Waals surface area contributed by atoms with Crippen LogP contribution < -0.4 is 9.64 Å². The van der Waals surface area contributed by atoms with E-state index < -0.39 is 0 Å². The van der Waals surface area contributed by atoms with Gasteiger partial charge in [-0.25, -0.2) is 0 Å². The van der Waals surface area contributed by atoms with Gasteiger partial charge >= 0.3 is 0 Å². The van der Waals surface area contributed by atoms with E-state index in [9.17, 15) is 10.1 Å². The van der Waals surface area contributed by atoms with Gasteiger partial charge < -0.3 is 14.5 Å². The Morgan fingerprint density at radius 3 is 2.72 bits per heavy atom. The molecule has 1 unspecified atom stereocenters. The largest absolute Gasteiger partial charge is 0.495 e. The number of non-ortho nitro benzene ring substituents is 1. The summed E-state index contributed by atoms with van der Waals surface area (Å²) in [6, 6.07) is 14.8. The molecule has 2 aromatic carbocycles. The number of hydrogen-bond donors (Lipinski definition) is 0. The lowest BCUT2D eigenvalue weighted by Crippen LogP contribution is -2.46. The highest BCUT2D eigenvalue weighted by molar-refractivity contribution is 6.01. The van der Waals surface area contributed by atoms with Crippen LogP contribution in [0, 0.1) is 10.1 Å². The molecule has 0 spiro atoms. The van der Waals surface area contributed by atoms with E-state index >= 15 is 0 Å². The van der Waals surface area contributed by atoms with Gasteiger partial charge in [0.15, 0.2) is 0 Å². The maximum Gasteiger partial charge on any atom is 0.270 e. The number of benzene rings is 2. The van der Waals surface area contributed by atoms with E-state index in [1.165, 1.54) is 11.8 Å². The lowest BCUT2D eigenvalue weighted by molar-refractivity contribution is -0.384. The number of ether oxygens (including phenoxy) is 1. The van der Waals surface area contributed by atoms with Crippen LogP contribution in [0.2, 0.25) is 0 Å². The predicted molar refractivity (Wildman–Crippen MR) is 125 cm³/mol. The predicted octanol–water partition coefficient (Wildman–Crippen LogP) is 4.09. The summed E-state index contributed by atoms with van der Waals surface area (Å²) in [6.07, 6.45) is 3.92. The van der Waals surface area contributed by atoms with E-state index in [1.807, 2.05) is 18.2 Å². The van der Waals surface area contributed by atoms with E-state index in [2.05, 4.69) is 27.1 Å². The molecule has 2 aliphatic heterocycles. The van der Waals surface area contributed by atoms with Gasteiger partial charge in [0.25, 0.3) is 5.69 Å². The lowest BCUT2D eigenvalue weighted by atomic mass is 10.0. The van der Waals surface area contributed by atoms with Crippen LogP contribution in [0.4, 0.5) is 11.4 Å². The second-order valence-corrected chi connectivity index (χ2v) is 8.27. The number of oxime groups is 1. The molecule has 2 heterocycles. The first-order valence-corrected chi connectivity index (χ1v) is 11.2. The highest BCUT2D eigenvalue weighted by Crippen LogP contribution is 2.28. The summed E-state index contributed by atoms with van der Waals surface area (Å²) >= 11 is 0. The van der Waals surface area contributed by atoms with E-state index in [4.69, 9.17) is 9.57 Å². The number of nitrogens with zero attached hydrogens (tertiary/aromatic N) is 4. The van der Waals surface area contributed by atoms with Gasteiger partial charge in [0.1, 0.15) is 11.9 Å². The van der Waals surface area contributed by atoms with Crippen molar-refractivity contribution in [2.24, 2.45) is 5.16 Å². The maximum atomic E-state index is 11.0. The highest BCUT2D eigenvalue weighted by atomic mass is 16.6. The van der Waals surface area contributed by atoms with Crippen LogP contribution in [0.5, 0.6) is 5.75 Å². The SMILES string of the molecule is COc1ccccc1N1CCN(CCCCC2CC(c3cccc([N+](=O)[O-])c3)=NO2)CC1. The van der Waals surface area contributed by atoms with Gasteiger partial charge in [-0.2, -0.15) is 0 Å². The van der Waals surface area contributed by atoms with Crippen molar-refractivity contribution in [3.05, 3.63) is 64.2 Å². The van der Waals surface area contributed by atoms with Crippen LogP contribution >= 0.6 is 0 Å². The number of piperazine rings is 1. The minimum Gasteiger partial charge on any atom is -0.495 e. The quantitative estimate of drug-likeness (QED) is 0.333. The number of nitro benzene ring substituents is 1. The number of para-hydroxylation sites is 2. The Morgan fingerprint density at radius 1 is 1.12 bits per heavy atom. The summed E-state index contributed by atoms with van der Waals surface area (Å²) < 4.78 is 5.50. The summed E-state index contributed by atoms with van der Waals surface area (Å²) in [5, 5.41) is 15.2. The average Bonchev–Trinajstić information content (AvgIpc) is 3.31. The first-order valence-electron chi connectivity index (χ1n) is 11.2. The molecule has 32 heavy (non-hydrogen) atoms. The molecule has 8 heteroatoms. The molecule has 2 aliphatic rings. The Morgan fingerprint density at radius 2 is 1.94 bits per heavy atom. The molecule has 4 rings (SSSR count). The molecule has 170 valence electrons. The summed E-state index contributed by atoms with van der Waals surface area (Å²) in [6.45, 7) is 5.21. The molecule has 2 aromatic rings. The van der Waals surface area contributed by atoms with Crippen LogP contribution in [0.1, 0.15) is 31.2 Å². The number of methoxy groups -OCH3 is 1. The Labute approximate surface area is 188 Å². The third-order valence-electron chi connectivity index (χ3n) is 6.17. The Kier molecular flexibility index (Phi) is 7.21. The zero-order valence-electron chi connectivity index (χ0n) is 18.5. The fourth-order valence-corrected chi connectivity index (χ4v) is 4.36. The van der Waals surface area contributed by atoms with E-state index in [-0.39, 0.29) is 16.7 Å². The highest BCUT2D eigenvalue weighted by Gasteiger charge is 2.23. The average molecular weight is 439 g/mol. The van der Waals surface area contributed by atoms with Gasteiger partial charge in [0.05, 0.1) is 23.4 Å². The lowest BCUT2D eigenvalue weighted by Gasteiger charge is -2.36. The van der Waals surface area contributed by atoms with Crippen molar-refractivity contribution < 1.29 is 14.5 Å². The van der Waals surface area contributed by atoms with Gasteiger partial charge in [0, 0.05) is 50.3 Å². The molecule has 0 saturated carbocycles. The Bertz CT molecular complexity index is 957. The van der Waals surface area contributed by atoms with Crippen molar-refractivity contribution in [3.63, 3.8) is 0 Å². The summed E-state index contributed by atoms with van der Waals surface area (Å²) in [5.41, 5.74) is 2.83. The molecular formula is C24H30N4O4. The van der Waals surface area contributed by atoms with Crippen molar-refractivity contribution in [1.82, 2.24) is 4.90 Å². The molecule has 1 saturated heterocycles. The minimum absolute atomic E-state index is 0.0617. The first-order chi connectivity index (χ1) is 15.6. The molecule has 1 fully saturated rings. The standard InChI is InChI=1S/C24H30N4O4/c1-31-24-11-3-2-10-23(24)27-15-13-26(14-16-27)12-5-4-9-21-18-22(25-32-21)19-7-6-8-20(17-19)28(29)30/h2-3,6-8,10-11,17,21H,4-5,9,12-16,18H2,1H3. The van der Waals surface area contributed by atoms with Gasteiger partial charge in [-0.1, -0.05) is 29.4 Å². The number of unbranched alkanes of at least 4 members (excludes halogenated alkanes) is 1.